The van der Waals surface area contributed by atoms with Crippen molar-refractivity contribution in [2.45, 2.75) is 26.3 Å². The lowest BCUT2D eigenvalue weighted by Gasteiger charge is -2.07. The van der Waals surface area contributed by atoms with Crippen LogP contribution in [-0.2, 0) is 25.6 Å². The van der Waals surface area contributed by atoms with Crippen molar-refractivity contribution in [1.29, 1.82) is 0 Å². The molecule has 1 N–H and O–H groups in total. The highest BCUT2D eigenvalue weighted by Gasteiger charge is 2.21. The van der Waals surface area contributed by atoms with Gasteiger partial charge in [0, 0.05) is 24.7 Å². The van der Waals surface area contributed by atoms with E-state index in [1.807, 2.05) is 42.5 Å². The van der Waals surface area contributed by atoms with Gasteiger partial charge in [-0.25, -0.2) is 4.79 Å². The van der Waals surface area contributed by atoms with Gasteiger partial charge in [-0.15, -0.1) is 0 Å². The number of carbonyl (C=O) groups is 3. The fourth-order valence-electron chi connectivity index (χ4n) is 3.36. The van der Waals surface area contributed by atoms with Crippen LogP contribution in [0.2, 0.25) is 0 Å². The molecule has 1 heterocycles. The largest absolute Gasteiger partial charge is 0.497 e. The number of methoxy groups -OCH3 is 1. The van der Waals surface area contributed by atoms with Crippen LogP contribution < -0.4 is 10.1 Å². The average molecular weight is 480 g/mol. The van der Waals surface area contributed by atoms with Crippen molar-refractivity contribution in [2.24, 2.45) is 0 Å². The molecule has 0 aliphatic carbocycles. The number of carbonyl (C=O) groups excluding carboxylic acids is 3. The molecular formula is C26H29N3O6. The third kappa shape index (κ3) is 7.70. The Hall–Kier alpha value is -4.14. The predicted molar refractivity (Wildman–Crippen MR) is 129 cm³/mol. The molecule has 0 bridgehead atoms. The van der Waals surface area contributed by atoms with Gasteiger partial charge in [0.05, 0.1) is 20.3 Å². The van der Waals surface area contributed by atoms with E-state index in [0.29, 0.717) is 36.6 Å². The van der Waals surface area contributed by atoms with Crippen molar-refractivity contribution in [3.63, 3.8) is 0 Å². The van der Waals surface area contributed by atoms with E-state index in [0.717, 1.165) is 5.56 Å². The lowest BCUT2D eigenvalue weighted by atomic mass is 10.1. The molecule has 1 aromatic heterocycles. The highest BCUT2D eigenvalue weighted by atomic mass is 16.5. The highest BCUT2D eigenvalue weighted by Crippen LogP contribution is 2.26. The van der Waals surface area contributed by atoms with Crippen LogP contribution in [0.5, 0.6) is 5.75 Å². The Morgan fingerprint density at radius 2 is 1.83 bits per heavy atom. The maximum Gasteiger partial charge on any atom is 0.342 e. The normalized spacial score (nSPS) is 10.5. The summed E-state index contributed by atoms with van der Waals surface area (Å²) < 4.78 is 17.1. The third-order valence-electron chi connectivity index (χ3n) is 5.03. The van der Waals surface area contributed by atoms with Crippen LogP contribution >= 0.6 is 0 Å². The molecule has 0 aliphatic rings. The van der Waals surface area contributed by atoms with Crippen molar-refractivity contribution in [2.75, 3.05) is 26.9 Å². The van der Waals surface area contributed by atoms with Crippen molar-refractivity contribution in [3.05, 3.63) is 71.9 Å². The monoisotopic (exact) mass is 479 g/mol. The van der Waals surface area contributed by atoms with E-state index in [2.05, 4.69) is 10.4 Å². The van der Waals surface area contributed by atoms with Crippen LogP contribution in [0.3, 0.4) is 0 Å². The quantitative estimate of drug-likeness (QED) is 0.314. The zero-order chi connectivity index (χ0) is 25.0. The summed E-state index contributed by atoms with van der Waals surface area (Å²) in [6.45, 7) is 2.35. The topological polar surface area (TPSA) is 109 Å². The molecule has 1 amide bonds. The molecule has 0 fully saturated rings. The Morgan fingerprint density at radius 1 is 1.03 bits per heavy atom. The van der Waals surface area contributed by atoms with E-state index in [4.69, 9.17) is 14.2 Å². The zero-order valence-corrected chi connectivity index (χ0v) is 19.9. The molecule has 9 heteroatoms. The standard InChI is InChI=1S/C26H29N3O6/c1-3-34-24(31)13-8-14-27-23(30)18-35-26(32)22-17-29(16-19-9-5-4-6-10-19)28-25(22)20-11-7-12-21(15-20)33-2/h4-7,9-12,15,17H,3,8,13-14,16,18H2,1-2H3,(H,27,30). The molecule has 0 aliphatic heterocycles. The second-order valence-electron chi connectivity index (χ2n) is 7.64. The number of esters is 2. The lowest BCUT2D eigenvalue weighted by Crippen LogP contribution is -2.30. The van der Waals surface area contributed by atoms with E-state index in [9.17, 15) is 14.4 Å². The number of hydrogen-bond donors (Lipinski definition) is 1. The number of rotatable bonds is 12. The molecule has 0 radical (unpaired) electrons. The number of benzene rings is 2. The first-order valence-corrected chi connectivity index (χ1v) is 11.4. The van der Waals surface area contributed by atoms with E-state index >= 15 is 0 Å². The van der Waals surface area contributed by atoms with Crippen molar-refractivity contribution in [1.82, 2.24) is 15.1 Å². The van der Waals surface area contributed by atoms with E-state index in [-0.39, 0.29) is 24.5 Å². The summed E-state index contributed by atoms with van der Waals surface area (Å²) in [5.74, 6) is -0.807. The van der Waals surface area contributed by atoms with Gasteiger partial charge in [0.25, 0.3) is 5.91 Å². The lowest BCUT2D eigenvalue weighted by molar-refractivity contribution is -0.143. The van der Waals surface area contributed by atoms with Gasteiger partial charge < -0.3 is 19.5 Å². The van der Waals surface area contributed by atoms with Crippen molar-refractivity contribution in [3.8, 4) is 17.0 Å². The van der Waals surface area contributed by atoms with E-state index < -0.39 is 18.5 Å². The Morgan fingerprint density at radius 3 is 2.57 bits per heavy atom. The summed E-state index contributed by atoms with van der Waals surface area (Å²) in [5, 5.41) is 7.23. The van der Waals surface area contributed by atoms with Crippen LogP contribution in [0.4, 0.5) is 0 Å². The fourth-order valence-corrected chi connectivity index (χ4v) is 3.36. The van der Waals surface area contributed by atoms with Gasteiger partial charge in [-0.1, -0.05) is 42.5 Å². The van der Waals surface area contributed by atoms with Gasteiger partial charge in [0.2, 0.25) is 0 Å². The Balaban J connectivity index is 1.67. The van der Waals surface area contributed by atoms with Crippen molar-refractivity contribution < 1.29 is 28.6 Å². The summed E-state index contributed by atoms with van der Waals surface area (Å²) in [6.07, 6.45) is 2.25. The Labute approximate surface area is 204 Å². The molecular weight excluding hydrogens is 450 g/mol. The van der Waals surface area contributed by atoms with Crippen LogP contribution in [0.1, 0.15) is 35.7 Å². The van der Waals surface area contributed by atoms with E-state index in [1.54, 1.807) is 37.0 Å². The molecule has 2 aromatic carbocycles. The smallest absolute Gasteiger partial charge is 0.342 e. The minimum atomic E-state index is -0.663. The number of aromatic nitrogens is 2. The van der Waals surface area contributed by atoms with Gasteiger partial charge >= 0.3 is 11.9 Å². The minimum Gasteiger partial charge on any atom is -0.497 e. The molecule has 0 atom stereocenters. The molecule has 3 aromatic rings. The average Bonchev–Trinajstić information content (AvgIpc) is 3.30. The molecule has 0 unspecified atom stereocenters. The van der Waals surface area contributed by atoms with E-state index in [1.165, 1.54) is 0 Å². The van der Waals surface area contributed by atoms with Gasteiger partial charge in [0.15, 0.2) is 6.61 Å². The van der Waals surface area contributed by atoms with Gasteiger partial charge in [0.1, 0.15) is 17.0 Å². The van der Waals surface area contributed by atoms with Crippen molar-refractivity contribution >= 4 is 17.8 Å². The summed E-state index contributed by atoms with van der Waals surface area (Å²) in [7, 11) is 1.56. The van der Waals surface area contributed by atoms with Crippen LogP contribution in [0.15, 0.2) is 60.8 Å². The first-order chi connectivity index (χ1) is 17.0. The van der Waals surface area contributed by atoms with Gasteiger partial charge in [-0.3, -0.25) is 14.3 Å². The molecule has 184 valence electrons. The van der Waals surface area contributed by atoms with Gasteiger partial charge in [-0.2, -0.15) is 5.10 Å². The number of ether oxygens (including phenoxy) is 3. The van der Waals surface area contributed by atoms with Crippen LogP contribution in [0, 0.1) is 0 Å². The molecule has 3 rings (SSSR count). The predicted octanol–water partition coefficient (Wildman–Crippen LogP) is 3.22. The summed E-state index contributed by atoms with van der Waals surface area (Å²) in [4.78, 5) is 36.3. The Bertz CT molecular complexity index is 1140. The number of amides is 1. The summed E-state index contributed by atoms with van der Waals surface area (Å²) in [6, 6.07) is 16.9. The first kappa shape index (κ1) is 25.5. The molecule has 0 saturated carbocycles. The number of nitrogens with zero attached hydrogens (tertiary/aromatic N) is 2. The molecule has 0 spiro atoms. The molecule has 35 heavy (non-hydrogen) atoms. The molecule has 9 nitrogen and oxygen atoms in total. The fraction of sp³-hybridized carbons (Fsp3) is 0.308. The molecule has 0 saturated heterocycles. The first-order valence-electron chi connectivity index (χ1n) is 11.4. The second-order valence-corrected chi connectivity index (χ2v) is 7.64. The Kier molecular flexibility index (Phi) is 9.41. The summed E-state index contributed by atoms with van der Waals surface area (Å²) >= 11 is 0. The second kappa shape index (κ2) is 12.9. The third-order valence-corrected chi connectivity index (χ3v) is 5.03. The zero-order valence-electron chi connectivity index (χ0n) is 19.9. The minimum absolute atomic E-state index is 0.207. The maximum absolute atomic E-state index is 12.9. The van der Waals surface area contributed by atoms with Crippen LogP contribution in [0.25, 0.3) is 11.3 Å². The highest BCUT2D eigenvalue weighted by molar-refractivity contribution is 5.97. The number of hydrogen-bond acceptors (Lipinski definition) is 7. The maximum atomic E-state index is 12.9. The summed E-state index contributed by atoms with van der Waals surface area (Å²) in [5.41, 5.74) is 2.38. The SMILES string of the molecule is CCOC(=O)CCCNC(=O)COC(=O)c1cn(Cc2ccccc2)nc1-c1cccc(OC)c1. The van der Waals surface area contributed by atoms with Crippen LogP contribution in [-0.4, -0.2) is 54.5 Å². The van der Waals surface area contributed by atoms with Gasteiger partial charge in [-0.05, 0) is 31.0 Å². The number of nitrogens with one attached hydrogen (secondary N) is 1.